The van der Waals surface area contributed by atoms with Gasteiger partial charge in [-0.25, -0.2) is 0 Å². The Labute approximate surface area is 520 Å². The molecule has 12 nitrogen and oxygen atoms in total. The lowest BCUT2D eigenvalue weighted by Crippen LogP contribution is -2.59. The molecule has 0 aromatic carbocycles. The van der Waals surface area contributed by atoms with E-state index in [1.165, 1.54) is 84.2 Å². The smallest absolute Gasteiger partial charge is 0.305 e. The molecule has 12 aliphatic carbocycles. The van der Waals surface area contributed by atoms with Crippen molar-refractivity contribution in [3.8, 4) is 0 Å². The van der Waals surface area contributed by atoms with Crippen LogP contribution in [0.15, 0.2) is 0 Å². The number of carboxylic acid groups (broad SMARTS) is 2. The molecular formula is C74H124O12. The number of methoxy groups -OCH3 is 2. The fourth-order valence-electron chi connectivity index (χ4n) is 26.5. The second-order valence-electron chi connectivity index (χ2n) is 34.5. The number of aliphatic carboxylic acids is 2. The van der Waals surface area contributed by atoms with Crippen LogP contribution in [-0.4, -0.2) is 104 Å². The number of carbonyl (C=O) groups is 3. The number of carbonyl (C=O) groups excluding carboxylic acids is 1. The summed E-state index contributed by atoms with van der Waals surface area (Å²) in [5.41, 5.74) is 1.78. The highest BCUT2D eigenvalue weighted by Crippen LogP contribution is 2.72. The zero-order chi connectivity index (χ0) is 62.2. The van der Waals surface area contributed by atoms with Gasteiger partial charge in [0, 0.05) is 26.4 Å². The number of hydrogen-bond acceptors (Lipinski definition) is 10. The van der Waals surface area contributed by atoms with Gasteiger partial charge in [-0.2, -0.15) is 0 Å². The fourth-order valence-corrected chi connectivity index (χ4v) is 26.5. The fraction of sp³-hybridized carbons (Fsp3) is 0.959. The van der Waals surface area contributed by atoms with Crippen LogP contribution in [0.3, 0.4) is 0 Å². The van der Waals surface area contributed by atoms with Gasteiger partial charge in [-0.15, -0.1) is 0 Å². The molecule has 12 saturated carbocycles. The van der Waals surface area contributed by atoms with E-state index in [1.807, 2.05) is 7.11 Å². The van der Waals surface area contributed by atoms with Crippen molar-refractivity contribution >= 4 is 17.9 Å². The molecule has 15 unspecified atom stereocenters. The zero-order valence-electron chi connectivity index (χ0n) is 55.7. The lowest BCUT2D eigenvalue weighted by molar-refractivity contribution is -0.181. The third kappa shape index (κ3) is 12.0. The van der Waals surface area contributed by atoms with Crippen LogP contribution in [0.1, 0.15) is 255 Å². The first kappa shape index (κ1) is 67.1. The summed E-state index contributed by atoms with van der Waals surface area (Å²) in [5.74, 6) is 8.63. The van der Waals surface area contributed by atoms with Crippen LogP contribution in [0, 0.1) is 139 Å². The first-order valence-corrected chi connectivity index (χ1v) is 36.0. The molecule has 0 spiro atoms. The van der Waals surface area contributed by atoms with E-state index in [1.54, 1.807) is 0 Å². The molecule has 0 bridgehead atoms. The highest BCUT2D eigenvalue weighted by atomic mass is 16.5. The summed E-state index contributed by atoms with van der Waals surface area (Å²) in [6, 6.07) is 0. The topological polar surface area (TPSA) is 211 Å². The number of aliphatic hydroxyl groups is 5. The Hall–Kier alpha value is -1.83. The average Bonchev–Trinajstić information content (AvgIpc) is 1.30. The second-order valence-corrected chi connectivity index (χ2v) is 34.5. The van der Waals surface area contributed by atoms with Crippen LogP contribution in [0.4, 0.5) is 0 Å². The highest BCUT2D eigenvalue weighted by molar-refractivity contribution is 5.69. The molecular weight excluding hydrogens is 1080 g/mol. The number of ether oxygens (including phenoxy) is 2. The molecule has 0 radical (unpaired) electrons. The van der Waals surface area contributed by atoms with Crippen molar-refractivity contribution < 1.29 is 59.6 Å². The normalized spacial score (nSPS) is 50.7. The van der Waals surface area contributed by atoms with Gasteiger partial charge in [0.05, 0.1) is 43.7 Å². The lowest BCUT2D eigenvalue weighted by Gasteiger charge is -2.63. The summed E-state index contributed by atoms with van der Waals surface area (Å²) in [6.45, 7) is 21.8. The minimum atomic E-state index is -0.684. The van der Waals surface area contributed by atoms with E-state index in [0.29, 0.717) is 142 Å². The maximum atomic E-state index is 11.6. The molecule has 0 aliphatic heterocycles. The standard InChI is InChI=1S/2C25H42O4.C24H40O4/c1-15(5-8-22(27)28)18-6-7-19-23-20(10-12-25(18,19)3)24(2)11-9-17(26)13-16(24)14-21(23)29-4;1-15(5-8-22(28)29-4)18-6-7-19-23-20(10-12-25(18,19)3)24(2)11-9-17(26)13-16(24)14-21(23)27;1-14(4-7-21(27)28)17-5-6-18-22-19(9-11-24(17,18)3)23(2)10-8-16(25)12-15(23)13-20(22)26/h15-21,23,26H,5-14H2,1-4H3,(H,27,28);15-21,23,26-27H,5-14H2,1-4H3;14-20,22,25-26H,4-13H2,1-3H3,(H,27,28)/t2*15-,16?,17-,18?,19?,20?,21+,23?,24+,25-;14-,15?,16-,17?,18?,19?,20+,22?,23+,24-/m111/s1. The van der Waals surface area contributed by atoms with Crippen LogP contribution >= 0.6 is 0 Å². The Balaban J connectivity index is 0.000000143. The van der Waals surface area contributed by atoms with Crippen molar-refractivity contribution in [1.82, 2.24) is 0 Å². The number of aliphatic hydroxyl groups excluding tert-OH is 5. The summed E-state index contributed by atoms with van der Waals surface area (Å²) in [7, 11) is 3.38. The number of esters is 1. The summed E-state index contributed by atoms with van der Waals surface area (Å²) in [4.78, 5) is 33.8. The van der Waals surface area contributed by atoms with E-state index in [-0.39, 0.29) is 59.2 Å². The molecule has 492 valence electrons. The van der Waals surface area contributed by atoms with Crippen molar-refractivity contribution in [3.05, 3.63) is 0 Å². The van der Waals surface area contributed by atoms with E-state index in [9.17, 15) is 39.9 Å². The SMILES string of the molecule is COC(=O)CC[C@@H](C)C1CCC2C3C(CC[C@@]21C)[C@@]1(C)CC[C@@H](O)CC1C[C@@H]3O.CO[C@H]1CC2C[C@H](O)CC[C@]2(C)C2CC[C@@]3(C)C(CCC3[C@H](C)CCC(=O)O)C21.C[C@H](CCC(=O)O)C1CCC2C3C(CC[C@@]21C)[C@@]1(C)CC[C@@H](O)CC1C[C@@H]3O. The summed E-state index contributed by atoms with van der Waals surface area (Å²) >= 11 is 0. The van der Waals surface area contributed by atoms with Gasteiger partial charge in [0.25, 0.3) is 0 Å². The van der Waals surface area contributed by atoms with Crippen LogP contribution in [0.25, 0.3) is 0 Å². The van der Waals surface area contributed by atoms with E-state index < -0.39 is 11.9 Å². The van der Waals surface area contributed by atoms with Gasteiger partial charge in [0.1, 0.15) is 0 Å². The molecule has 7 N–H and O–H groups in total. The number of fused-ring (bicyclic) bond motifs is 15. The van der Waals surface area contributed by atoms with Crippen LogP contribution in [0.2, 0.25) is 0 Å². The Morgan fingerprint density at radius 1 is 0.395 bits per heavy atom. The molecule has 0 aromatic heterocycles. The van der Waals surface area contributed by atoms with Gasteiger partial charge < -0.3 is 45.2 Å². The van der Waals surface area contributed by atoms with Crippen molar-refractivity contribution in [1.29, 1.82) is 0 Å². The van der Waals surface area contributed by atoms with Crippen molar-refractivity contribution in [2.75, 3.05) is 14.2 Å². The van der Waals surface area contributed by atoms with Crippen molar-refractivity contribution in [2.45, 2.75) is 292 Å². The minimum Gasteiger partial charge on any atom is -0.481 e. The Morgan fingerprint density at radius 2 is 0.698 bits per heavy atom. The van der Waals surface area contributed by atoms with E-state index in [0.717, 1.165) is 96.3 Å². The Morgan fingerprint density at radius 3 is 1.03 bits per heavy atom. The quantitative estimate of drug-likeness (QED) is 0.0859. The second kappa shape index (κ2) is 25.9. The molecule has 12 rings (SSSR count). The predicted octanol–water partition coefficient (Wildman–Crippen LogP) is 14.2. The van der Waals surface area contributed by atoms with Gasteiger partial charge in [0.15, 0.2) is 0 Å². The van der Waals surface area contributed by atoms with Gasteiger partial charge in [-0.05, 0) is 312 Å². The molecule has 12 fully saturated rings. The largest absolute Gasteiger partial charge is 0.481 e. The molecule has 12 aliphatic rings. The molecule has 30 atom stereocenters. The zero-order valence-corrected chi connectivity index (χ0v) is 55.7. The average molecular weight is 1210 g/mol. The van der Waals surface area contributed by atoms with Crippen LogP contribution in [-0.2, 0) is 23.9 Å². The number of rotatable bonds is 13. The summed E-state index contributed by atoms with van der Waals surface area (Å²) in [5, 5.41) is 71.5. The maximum Gasteiger partial charge on any atom is 0.305 e. The molecule has 0 heterocycles. The van der Waals surface area contributed by atoms with Crippen molar-refractivity contribution in [2.24, 2.45) is 139 Å². The summed E-state index contributed by atoms with van der Waals surface area (Å²) in [6.07, 6.45) is 29.6. The Kier molecular flexibility index (Phi) is 20.2. The third-order valence-corrected chi connectivity index (χ3v) is 31.2. The molecule has 0 aromatic rings. The van der Waals surface area contributed by atoms with E-state index in [2.05, 4.69) is 62.3 Å². The molecule has 0 amide bonds. The minimum absolute atomic E-state index is 0.0959. The first-order valence-electron chi connectivity index (χ1n) is 36.0. The first-order chi connectivity index (χ1) is 40.6. The lowest BCUT2D eigenvalue weighted by atomic mass is 9.43. The maximum absolute atomic E-state index is 11.6. The monoisotopic (exact) mass is 1200 g/mol. The van der Waals surface area contributed by atoms with Gasteiger partial charge in [0.2, 0.25) is 0 Å². The number of carboxylic acids is 2. The van der Waals surface area contributed by atoms with Crippen LogP contribution in [0.5, 0.6) is 0 Å². The molecule has 12 heteroatoms. The predicted molar refractivity (Wildman–Crippen MR) is 335 cm³/mol. The van der Waals surface area contributed by atoms with Crippen molar-refractivity contribution in [3.63, 3.8) is 0 Å². The summed E-state index contributed by atoms with van der Waals surface area (Å²) < 4.78 is 11.0. The Bertz CT molecular complexity index is 2350. The van der Waals surface area contributed by atoms with Crippen LogP contribution < -0.4 is 0 Å². The van der Waals surface area contributed by atoms with Gasteiger partial charge >= 0.3 is 17.9 Å². The van der Waals surface area contributed by atoms with E-state index in [4.69, 9.17) is 19.7 Å². The highest BCUT2D eigenvalue weighted by Gasteiger charge is 2.66. The van der Waals surface area contributed by atoms with Gasteiger partial charge in [-0.1, -0.05) is 62.3 Å². The molecule has 0 saturated heterocycles. The molecule has 86 heavy (non-hydrogen) atoms. The van der Waals surface area contributed by atoms with E-state index >= 15 is 0 Å². The number of hydrogen-bond donors (Lipinski definition) is 7. The third-order valence-electron chi connectivity index (χ3n) is 31.2. The van der Waals surface area contributed by atoms with Gasteiger partial charge in [-0.3, -0.25) is 14.4 Å².